The van der Waals surface area contributed by atoms with Crippen LogP contribution < -0.4 is 0 Å². The SMILES string of the molecule is Cc1nc(CC(=O)N2CCN(C(=O)/C=C/c3ccccc3)[C@H](C)[C@H]2C)cs1. The number of benzene rings is 1. The van der Waals surface area contributed by atoms with E-state index in [0.717, 1.165) is 16.3 Å². The molecule has 3 rings (SSSR count). The van der Waals surface area contributed by atoms with Crippen molar-refractivity contribution in [3.8, 4) is 0 Å². The lowest BCUT2D eigenvalue weighted by Crippen LogP contribution is -2.60. The second-order valence-electron chi connectivity index (χ2n) is 6.88. The van der Waals surface area contributed by atoms with Gasteiger partial charge in [0.15, 0.2) is 0 Å². The number of hydrogen-bond donors (Lipinski definition) is 0. The van der Waals surface area contributed by atoms with E-state index in [2.05, 4.69) is 4.98 Å². The van der Waals surface area contributed by atoms with Crippen molar-refractivity contribution in [3.63, 3.8) is 0 Å². The second-order valence-corrected chi connectivity index (χ2v) is 7.94. The van der Waals surface area contributed by atoms with Crippen molar-refractivity contribution >= 4 is 29.2 Å². The van der Waals surface area contributed by atoms with E-state index in [1.165, 1.54) is 0 Å². The van der Waals surface area contributed by atoms with Crippen LogP contribution in [-0.4, -0.2) is 51.8 Å². The first-order chi connectivity index (χ1) is 13.0. The van der Waals surface area contributed by atoms with Crippen molar-refractivity contribution in [1.82, 2.24) is 14.8 Å². The Kier molecular flexibility index (Phi) is 6.06. The normalized spacial score (nSPS) is 20.3. The lowest BCUT2D eigenvalue weighted by molar-refractivity contribution is -0.143. The minimum atomic E-state index is -0.0345. The van der Waals surface area contributed by atoms with Crippen molar-refractivity contribution < 1.29 is 9.59 Å². The number of aromatic nitrogens is 1. The van der Waals surface area contributed by atoms with Gasteiger partial charge in [0.1, 0.15) is 0 Å². The van der Waals surface area contributed by atoms with Crippen molar-refractivity contribution in [1.29, 1.82) is 0 Å². The van der Waals surface area contributed by atoms with Crippen LogP contribution in [0.2, 0.25) is 0 Å². The van der Waals surface area contributed by atoms with E-state index >= 15 is 0 Å². The Labute approximate surface area is 164 Å². The minimum absolute atomic E-state index is 0.0135. The quantitative estimate of drug-likeness (QED) is 0.762. The molecule has 0 saturated carbocycles. The molecule has 2 atom stereocenters. The number of rotatable bonds is 4. The maximum Gasteiger partial charge on any atom is 0.246 e. The van der Waals surface area contributed by atoms with Gasteiger partial charge in [0.25, 0.3) is 0 Å². The topological polar surface area (TPSA) is 53.5 Å². The summed E-state index contributed by atoms with van der Waals surface area (Å²) in [5, 5.41) is 2.91. The smallest absolute Gasteiger partial charge is 0.246 e. The standard InChI is InChI=1S/C21H25N3O2S/c1-15-16(2)24(21(26)13-19-14-27-17(3)22-19)12-11-23(15)20(25)10-9-18-7-5-4-6-8-18/h4-10,14-16H,11-13H2,1-3H3/b10-9+/t15-,16-/m1/s1. The third-order valence-corrected chi connectivity index (χ3v) is 5.91. The van der Waals surface area contributed by atoms with E-state index in [1.807, 2.05) is 72.4 Å². The van der Waals surface area contributed by atoms with Crippen LogP contribution in [0.5, 0.6) is 0 Å². The molecule has 2 amide bonds. The predicted octanol–water partition coefficient (Wildman–Crippen LogP) is 3.16. The summed E-state index contributed by atoms with van der Waals surface area (Å²) in [4.78, 5) is 33.4. The number of thiazole rings is 1. The van der Waals surface area contributed by atoms with E-state index < -0.39 is 0 Å². The average Bonchev–Trinajstić information content (AvgIpc) is 3.07. The van der Waals surface area contributed by atoms with Crippen molar-refractivity contribution in [2.24, 2.45) is 0 Å². The zero-order chi connectivity index (χ0) is 19.4. The summed E-state index contributed by atoms with van der Waals surface area (Å²) in [7, 11) is 0. The van der Waals surface area contributed by atoms with Gasteiger partial charge in [-0.3, -0.25) is 9.59 Å². The molecule has 0 bridgehead atoms. The van der Waals surface area contributed by atoms with Crippen LogP contribution >= 0.6 is 11.3 Å². The van der Waals surface area contributed by atoms with Crippen LogP contribution in [0.4, 0.5) is 0 Å². The van der Waals surface area contributed by atoms with Crippen LogP contribution in [0.1, 0.15) is 30.1 Å². The highest BCUT2D eigenvalue weighted by Gasteiger charge is 2.35. The lowest BCUT2D eigenvalue weighted by Gasteiger charge is -2.44. The van der Waals surface area contributed by atoms with E-state index in [1.54, 1.807) is 17.4 Å². The number of aryl methyl sites for hydroxylation is 1. The lowest BCUT2D eigenvalue weighted by atomic mass is 10.0. The van der Waals surface area contributed by atoms with Gasteiger partial charge in [-0.15, -0.1) is 11.3 Å². The van der Waals surface area contributed by atoms with Gasteiger partial charge in [0, 0.05) is 36.6 Å². The molecule has 0 spiro atoms. The van der Waals surface area contributed by atoms with Gasteiger partial charge in [0.05, 0.1) is 17.1 Å². The van der Waals surface area contributed by atoms with E-state index in [4.69, 9.17) is 0 Å². The zero-order valence-electron chi connectivity index (χ0n) is 16.0. The highest BCUT2D eigenvalue weighted by atomic mass is 32.1. The van der Waals surface area contributed by atoms with Gasteiger partial charge in [-0.1, -0.05) is 30.3 Å². The van der Waals surface area contributed by atoms with Gasteiger partial charge in [-0.2, -0.15) is 0 Å². The monoisotopic (exact) mass is 383 g/mol. The molecule has 6 heteroatoms. The molecule has 0 N–H and O–H groups in total. The summed E-state index contributed by atoms with van der Waals surface area (Å²) in [6, 6.07) is 9.71. The summed E-state index contributed by atoms with van der Waals surface area (Å²) in [5.41, 5.74) is 1.82. The van der Waals surface area contributed by atoms with Crippen LogP contribution in [0.3, 0.4) is 0 Å². The average molecular weight is 384 g/mol. The molecule has 27 heavy (non-hydrogen) atoms. The van der Waals surface area contributed by atoms with Gasteiger partial charge < -0.3 is 9.80 Å². The number of carbonyl (C=O) groups is 2. The molecule has 1 saturated heterocycles. The van der Waals surface area contributed by atoms with E-state index in [0.29, 0.717) is 19.5 Å². The molecule has 1 fully saturated rings. The van der Waals surface area contributed by atoms with Crippen LogP contribution in [0, 0.1) is 6.92 Å². The predicted molar refractivity (Wildman–Crippen MR) is 108 cm³/mol. The molecule has 142 valence electrons. The molecule has 1 aromatic heterocycles. The maximum absolute atomic E-state index is 12.7. The third kappa shape index (κ3) is 4.63. The molecule has 0 aliphatic carbocycles. The molecule has 2 heterocycles. The van der Waals surface area contributed by atoms with Gasteiger partial charge in [0.2, 0.25) is 11.8 Å². The Hall–Kier alpha value is -2.47. The van der Waals surface area contributed by atoms with Gasteiger partial charge in [-0.05, 0) is 32.4 Å². The Morgan fingerprint density at radius 3 is 2.48 bits per heavy atom. The van der Waals surface area contributed by atoms with Gasteiger partial charge in [-0.25, -0.2) is 4.98 Å². The molecular formula is C21H25N3O2S. The molecule has 1 aliphatic rings. The van der Waals surface area contributed by atoms with Crippen LogP contribution in [-0.2, 0) is 16.0 Å². The van der Waals surface area contributed by atoms with Crippen molar-refractivity contribution in [3.05, 3.63) is 58.1 Å². The Morgan fingerprint density at radius 1 is 1.15 bits per heavy atom. The first-order valence-electron chi connectivity index (χ1n) is 9.20. The first kappa shape index (κ1) is 19.3. The van der Waals surface area contributed by atoms with E-state index in [9.17, 15) is 9.59 Å². The van der Waals surface area contributed by atoms with Crippen molar-refractivity contribution in [2.45, 2.75) is 39.3 Å². The fourth-order valence-corrected chi connectivity index (χ4v) is 3.99. The molecule has 0 radical (unpaired) electrons. The third-order valence-electron chi connectivity index (χ3n) is 5.08. The highest BCUT2D eigenvalue weighted by molar-refractivity contribution is 7.09. The van der Waals surface area contributed by atoms with Crippen molar-refractivity contribution in [2.75, 3.05) is 13.1 Å². The first-order valence-corrected chi connectivity index (χ1v) is 10.1. The Morgan fingerprint density at radius 2 is 1.81 bits per heavy atom. The Bertz CT molecular complexity index is 831. The second kappa shape index (κ2) is 8.48. The summed E-state index contributed by atoms with van der Waals surface area (Å²) >= 11 is 1.56. The molecule has 0 unspecified atom stereocenters. The Balaban J connectivity index is 1.61. The fourth-order valence-electron chi connectivity index (χ4n) is 3.38. The summed E-state index contributed by atoms with van der Waals surface area (Å²) in [6.07, 6.45) is 3.78. The minimum Gasteiger partial charge on any atom is -0.336 e. The fraction of sp³-hybridized carbons (Fsp3) is 0.381. The van der Waals surface area contributed by atoms with Gasteiger partial charge >= 0.3 is 0 Å². The number of hydrogen-bond acceptors (Lipinski definition) is 4. The summed E-state index contributed by atoms with van der Waals surface area (Å²) < 4.78 is 0. The zero-order valence-corrected chi connectivity index (χ0v) is 16.8. The summed E-state index contributed by atoms with van der Waals surface area (Å²) in [6.45, 7) is 7.06. The highest BCUT2D eigenvalue weighted by Crippen LogP contribution is 2.19. The molecule has 1 aromatic carbocycles. The number of piperazine rings is 1. The molecule has 1 aliphatic heterocycles. The molecule has 5 nitrogen and oxygen atoms in total. The molecular weight excluding hydrogens is 358 g/mol. The van der Waals surface area contributed by atoms with Crippen LogP contribution in [0.25, 0.3) is 6.08 Å². The number of amides is 2. The largest absolute Gasteiger partial charge is 0.336 e. The number of carbonyl (C=O) groups excluding carboxylic acids is 2. The number of nitrogens with zero attached hydrogens (tertiary/aromatic N) is 3. The van der Waals surface area contributed by atoms with Crippen LogP contribution in [0.15, 0.2) is 41.8 Å². The van der Waals surface area contributed by atoms with E-state index in [-0.39, 0.29) is 23.9 Å². The molecule has 2 aromatic rings. The summed E-state index contributed by atoms with van der Waals surface area (Å²) in [5.74, 6) is 0.0620. The maximum atomic E-state index is 12.7.